The molecule has 14 heteroatoms. The molecular formula is C29H41F2N6O5Si+. The molecule has 0 saturated carbocycles. The van der Waals surface area contributed by atoms with E-state index in [4.69, 9.17) is 27.5 Å². The quantitative estimate of drug-likeness (QED) is 0.182. The van der Waals surface area contributed by atoms with Crippen LogP contribution in [0.1, 0.15) is 48.4 Å². The van der Waals surface area contributed by atoms with Gasteiger partial charge in [0, 0.05) is 58.9 Å². The van der Waals surface area contributed by atoms with Gasteiger partial charge in [0.25, 0.3) is 29.2 Å². The number of carboxylic acid groups (broad SMARTS) is 1. The summed E-state index contributed by atoms with van der Waals surface area (Å²) in [6.45, 7) is 21.9. The molecule has 2 amide bonds. The van der Waals surface area contributed by atoms with Gasteiger partial charge in [0.2, 0.25) is 0 Å². The maximum atomic E-state index is 13.6. The summed E-state index contributed by atoms with van der Waals surface area (Å²) >= 11 is 0. The molecule has 0 aromatic heterocycles. The average Bonchev–Trinajstić information content (AvgIpc) is 2.87. The highest BCUT2D eigenvalue weighted by molar-refractivity contribution is 6.83. The molecule has 2 aromatic rings. The maximum absolute atomic E-state index is 13.6. The summed E-state index contributed by atoms with van der Waals surface area (Å²) in [5, 5.41) is 23.2. The lowest BCUT2D eigenvalue weighted by Crippen LogP contribution is -2.26. The number of nitrogens with zero attached hydrogens (tertiary/aromatic N) is 2. The number of anilines is 2. The summed E-state index contributed by atoms with van der Waals surface area (Å²) in [4.78, 5) is 43.9. The summed E-state index contributed by atoms with van der Waals surface area (Å²) in [6, 6.07) is 8.11. The fourth-order valence-corrected chi connectivity index (χ4v) is 2.14. The van der Waals surface area contributed by atoms with E-state index in [2.05, 4.69) is 33.4 Å². The number of rotatable bonds is 4. The van der Waals surface area contributed by atoms with Crippen molar-refractivity contribution in [3.8, 4) is 5.69 Å². The molecule has 6 N–H and O–H groups in total. The van der Waals surface area contributed by atoms with Gasteiger partial charge in [-0.05, 0) is 36.4 Å². The summed E-state index contributed by atoms with van der Waals surface area (Å²) in [5.74, 6) is -3.06. The van der Waals surface area contributed by atoms with Crippen LogP contribution in [0.2, 0.25) is 19.6 Å². The number of ketones is 1. The van der Waals surface area contributed by atoms with Gasteiger partial charge in [-0.3, -0.25) is 19.2 Å². The zero-order valence-electron chi connectivity index (χ0n) is 26.0. The molecule has 0 aliphatic heterocycles. The molecule has 2 rings (SSSR count). The minimum Gasteiger partial charge on any atom is -0.481 e. The van der Waals surface area contributed by atoms with E-state index in [0.717, 1.165) is 13.0 Å². The van der Waals surface area contributed by atoms with Crippen LogP contribution >= 0.6 is 0 Å². The number of carbonyl (C=O) groups is 4. The highest BCUT2D eigenvalue weighted by Gasteiger charge is 2.22. The van der Waals surface area contributed by atoms with Gasteiger partial charge in [-0.1, -0.05) is 19.6 Å². The minimum atomic E-state index is -1.33. The Bertz CT molecular complexity index is 1300. The monoisotopic (exact) mass is 619 g/mol. The summed E-state index contributed by atoms with van der Waals surface area (Å²) < 4.78 is 26.5. The molecule has 2 aromatic carbocycles. The number of nitriles is 1. The number of aliphatic carboxylic acids is 1. The second-order valence-corrected chi connectivity index (χ2v) is 14.7. The largest absolute Gasteiger partial charge is 0.481 e. The zero-order valence-corrected chi connectivity index (χ0v) is 27.0. The van der Waals surface area contributed by atoms with Gasteiger partial charge >= 0.3 is 0 Å². The molecule has 0 bridgehead atoms. The molecule has 43 heavy (non-hydrogen) atoms. The normalized spacial score (nSPS) is 9.42. The number of nitrogens with one attached hydrogen (secondary N) is 3. The summed E-state index contributed by atoms with van der Waals surface area (Å²) in [7, 11) is 1.56. The number of carbonyl (C=O) groups excluding carboxylic acids is 3. The number of amides is 2. The maximum Gasteiger partial charge on any atom is 0.300 e. The Morgan fingerprint density at radius 3 is 1.60 bits per heavy atom. The second kappa shape index (κ2) is 20.9. The van der Waals surface area contributed by atoms with Gasteiger partial charge in [0.05, 0.1) is 11.1 Å². The lowest BCUT2D eigenvalue weighted by molar-refractivity contribution is -0.134. The van der Waals surface area contributed by atoms with Crippen molar-refractivity contribution >= 4 is 43.0 Å². The van der Waals surface area contributed by atoms with Gasteiger partial charge in [-0.25, -0.2) is 25.4 Å². The fraction of sp³-hybridized carbons (Fsp3) is 0.345. The van der Waals surface area contributed by atoms with Crippen LogP contribution < -0.4 is 21.7 Å². The first-order valence-electron chi connectivity index (χ1n) is 12.5. The SMILES string of the molecule is CC(=O)O.CNC(=O)c1ccc(N)cc1F.C[Si](C)(C)C#N.[C-]#[N+]C(C)(C)Nc1ccc(C(=O)NC)c(F)c1.[CH2+]C(C)=O. The summed E-state index contributed by atoms with van der Waals surface area (Å²) in [5.41, 5.74) is 7.50. The Morgan fingerprint density at radius 1 is 0.977 bits per heavy atom. The molecule has 0 saturated heterocycles. The number of hydrogen-bond donors (Lipinski definition) is 5. The average molecular weight is 620 g/mol. The van der Waals surface area contributed by atoms with Gasteiger partial charge in [-0.15, -0.1) is 0 Å². The van der Waals surface area contributed by atoms with E-state index < -0.39 is 43.2 Å². The highest BCUT2D eigenvalue weighted by Crippen LogP contribution is 2.19. The summed E-state index contributed by atoms with van der Waals surface area (Å²) in [6.07, 6.45) is 0. The molecule has 234 valence electrons. The number of nitrogens with two attached hydrogens (primary N) is 1. The van der Waals surface area contributed by atoms with Crippen molar-refractivity contribution < 1.29 is 33.1 Å². The third-order valence-corrected chi connectivity index (χ3v) is 4.64. The van der Waals surface area contributed by atoms with Crippen molar-refractivity contribution in [1.82, 2.24) is 10.6 Å². The lowest BCUT2D eigenvalue weighted by Gasteiger charge is -2.15. The van der Waals surface area contributed by atoms with E-state index in [0.29, 0.717) is 11.4 Å². The zero-order chi connectivity index (χ0) is 34.6. The second-order valence-electron chi connectivity index (χ2n) is 9.97. The Hall–Kier alpha value is -4.95. The van der Waals surface area contributed by atoms with Crippen LogP contribution in [-0.4, -0.2) is 56.5 Å². The first-order chi connectivity index (χ1) is 19.6. The molecule has 11 nitrogen and oxygen atoms in total. The van der Waals surface area contributed by atoms with Crippen LogP contribution in [0, 0.1) is 36.1 Å². The Balaban J connectivity index is -0.000000532. The predicted molar refractivity (Wildman–Crippen MR) is 167 cm³/mol. The Labute approximate surface area is 253 Å². The van der Waals surface area contributed by atoms with E-state index in [1.807, 2.05) is 19.6 Å². The molecule has 0 radical (unpaired) electrons. The standard InChI is InChI=1S/C12H14FN3O.C8H9FN2O.C4H9NSi.C3H5O.C2H4O2/c1-12(2,15-4)16-8-5-6-9(10(13)7-8)11(17)14-3;1-11-8(12)6-3-2-5(10)4-7(6)9;1-6(2,3)4-5;1-3(2)4;1-2(3)4/h5-7,16H,1-3H3,(H,14,17);2-4H,10H2,1H3,(H,11,12);1-3H3;1H2,2H3;1H3,(H,3,4)/q;;;+1;. The topological polar surface area (TPSA) is 179 Å². The van der Waals surface area contributed by atoms with Crippen molar-refractivity contribution in [2.45, 2.75) is 53.0 Å². The molecule has 0 aliphatic carbocycles. The third-order valence-electron chi connectivity index (χ3n) is 3.97. The number of hydrogen-bond acceptors (Lipinski definition) is 7. The highest BCUT2D eigenvalue weighted by atomic mass is 28.3. The molecule has 0 atom stereocenters. The lowest BCUT2D eigenvalue weighted by atomic mass is 10.1. The number of carboxylic acids is 1. The van der Waals surface area contributed by atoms with Crippen molar-refractivity contribution in [3.05, 3.63) is 77.5 Å². The Morgan fingerprint density at radius 2 is 1.33 bits per heavy atom. The van der Waals surface area contributed by atoms with Crippen LogP contribution in [0.5, 0.6) is 0 Å². The van der Waals surface area contributed by atoms with Crippen molar-refractivity contribution in [3.63, 3.8) is 0 Å². The van der Waals surface area contributed by atoms with Crippen molar-refractivity contribution in [1.29, 1.82) is 5.26 Å². The first kappa shape index (κ1) is 42.5. The van der Waals surface area contributed by atoms with E-state index in [1.165, 1.54) is 45.3 Å². The van der Waals surface area contributed by atoms with E-state index in [1.54, 1.807) is 19.9 Å². The minimum absolute atomic E-state index is 0.00620. The van der Waals surface area contributed by atoms with Crippen LogP contribution in [0.15, 0.2) is 36.4 Å². The van der Waals surface area contributed by atoms with E-state index >= 15 is 0 Å². The van der Waals surface area contributed by atoms with Gasteiger partial charge in [0.15, 0.2) is 8.07 Å². The number of nitrogen functional groups attached to an aromatic ring is 1. The van der Waals surface area contributed by atoms with Gasteiger partial charge in [-0.2, -0.15) is 0 Å². The molecule has 0 spiro atoms. The van der Waals surface area contributed by atoms with Crippen LogP contribution in [0.25, 0.3) is 4.85 Å². The van der Waals surface area contributed by atoms with E-state index in [-0.39, 0.29) is 16.9 Å². The smallest absolute Gasteiger partial charge is 0.300 e. The Kier molecular flexibility index (Phi) is 20.6. The van der Waals surface area contributed by atoms with Crippen LogP contribution in [0.3, 0.4) is 0 Å². The molecular weight excluding hydrogens is 578 g/mol. The predicted octanol–water partition coefficient (Wildman–Crippen LogP) is 4.91. The number of Topliss-reactive ketones (excluding diaryl/α,β-unsaturated/α-hetero) is 1. The van der Waals surface area contributed by atoms with Crippen molar-refractivity contribution in [2.75, 3.05) is 25.1 Å². The number of halogens is 2. The van der Waals surface area contributed by atoms with Crippen LogP contribution in [-0.2, 0) is 9.59 Å². The van der Waals surface area contributed by atoms with Crippen molar-refractivity contribution in [2.24, 2.45) is 0 Å². The van der Waals surface area contributed by atoms with Gasteiger partial charge < -0.3 is 26.8 Å². The third kappa shape index (κ3) is 23.5. The molecule has 0 aliphatic rings. The van der Waals surface area contributed by atoms with Crippen LogP contribution in [0.4, 0.5) is 20.2 Å². The fourth-order valence-electron chi connectivity index (χ4n) is 2.14. The first-order valence-corrected chi connectivity index (χ1v) is 16.0. The molecule has 0 fully saturated rings. The van der Waals surface area contributed by atoms with E-state index in [9.17, 15) is 23.2 Å². The number of benzene rings is 2. The molecule has 0 heterocycles. The molecule has 0 unspecified atom stereocenters. The van der Waals surface area contributed by atoms with Gasteiger partial charge in [0.1, 0.15) is 18.6 Å².